The monoisotopic (exact) mass is 406 g/mol. The molecule has 1 amide bonds. The maximum Gasteiger partial charge on any atom is 0.252 e. The normalized spacial score (nSPS) is 12.0. The Morgan fingerprint density at radius 3 is 2.81 bits per heavy atom. The first-order valence-electron chi connectivity index (χ1n) is 7.86. The number of hydrogen-bond donors (Lipinski definition) is 2. The van der Waals surface area contributed by atoms with Gasteiger partial charge in [-0.3, -0.25) is 9.89 Å². The summed E-state index contributed by atoms with van der Waals surface area (Å²) in [5.41, 5.74) is 2.36. The molecule has 0 radical (unpaired) electrons. The summed E-state index contributed by atoms with van der Waals surface area (Å²) in [6.07, 6.45) is 1.46. The average Bonchev–Trinajstić information content (AvgIpc) is 3.13. The lowest BCUT2D eigenvalue weighted by Crippen LogP contribution is -2.27. The van der Waals surface area contributed by atoms with Gasteiger partial charge in [-0.05, 0) is 36.2 Å². The minimum absolute atomic E-state index is 0.155. The Labute approximate surface area is 165 Å². The largest absolute Gasteiger partial charge is 0.345 e. The van der Waals surface area contributed by atoms with Gasteiger partial charge >= 0.3 is 0 Å². The Balaban J connectivity index is 1.73. The van der Waals surface area contributed by atoms with Gasteiger partial charge in [-0.25, -0.2) is 4.98 Å². The molecule has 0 bridgehead atoms. The second-order valence-corrected chi connectivity index (χ2v) is 7.41. The maximum absolute atomic E-state index is 12.8. The topological polar surface area (TPSA) is 70.7 Å². The molecular formula is C18H16Cl2N4OS. The van der Waals surface area contributed by atoms with Gasteiger partial charge < -0.3 is 5.32 Å². The van der Waals surface area contributed by atoms with Crippen LogP contribution in [0.4, 0.5) is 0 Å². The van der Waals surface area contributed by atoms with E-state index in [1.54, 1.807) is 12.1 Å². The molecule has 3 aromatic rings. The number of halogens is 2. The van der Waals surface area contributed by atoms with Gasteiger partial charge in [0.2, 0.25) is 0 Å². The first-order valence-corrected chi connectivity index (χ1v) is 9.60. The van der Waals surface area contributed by atoms with E-state index in [4.69, 9.17) is 23.2 Å². The van der Waals surface area contributed by atoms with Crippen LogP contribution in [0.2, 0.25) is 10.0 Å². The van der Waals surface area contributed by atoms with Gasteiger partial charge in [-0.1, -0.05) is 59.2 Å². The SMILES string of the molecule is CC(NC(=O)c1ccccc1CSc1ncn[nH]1)c1ccc(Cl)cc1Cl. The van der Waals surface area contributed by atoms with Crippen LogP contribution >= 0.6 is 35.0 Å². The highest BCUT2D eigenvalue weighted by Gasteiger charge is 2.17. The molecule has 0 aliphatic carbocycles. The molecule has 0 spiro atoms. The highest BCUT2D eigenvalue weighted by Crippen LogP contribution is 2.27. The van der Waals surface area contributed by atoms with Crippen molar-refractivity contribution < 1.29 is 4.79 Å². The Morgan fingerprint density at radius 1 is 1.27 bits per heavy atom. The van der Waals surface area contributed by atoms with Crippen molar-refractivity contribution >= 4 is 40.9 Å². The number of aromatic nitrogens is 3. The fraction of sp³-hybridized carbons (Fsp3) is 0.167. The second kappa shape index (κ2) is 8.58. The van der Waals surface area contributed by atoms with Gasteiger partial charge in [-0.15, -0.1) is 0 Å². The molecule has 2 aromatic carbocycles. The molecule has 0 saturated heterocycles. The van der Waals surface area contributed by atoms with E-state index < -0.39 is 0 Å². The lowest BCUT2D eigenvalue weighted by atomic mass is 10.1. The number of carbonyl (C=O) groups excluding carboxylic acids is 1. The molecule has 0 saturated carbocycles. The van der Waals surface area contributed by atoms with E-state index in [0.717, 1.165) is 11.1 Å². The molecule has 1 aromatic heterocycles. The van der Waals surface area contributed by atoms with Crippen molar-refractivity contribution in [3.05, 3.63) is 75.5 Å². The Hall–Kier alpha value is -2.02. The van der Waals surface area contributed by atoms with Crippen molar-refractivity contribution in [1.82, 2.24) is 20.5 Å². The van der Waals surface area contributed by atoms with Gasteiger partial charge in [0.15, 0.2) is 5.16 Å². The van der Waals surface area contributed by atoms with Gasteiger partial charge in [0.05, 0.1) is 6.04 Å². The van der Waals surface area contributed by atoms with E-state index in [2.05, 4.69) is 20.5 Å². The third-order valence-corrected chi connectivity index (χ3v) is 5.28. The number of amides is 1. The molecule has 0 fully saturated rings. The summed E-state index contributed by atoms with van der Waals surface area (Å²) in [6, 6.07) is 12.5. The van der Waals surface area contributed by atoms with Gasteiger partial charge in [-0.2, -0.15) is 5.10 Å². The molecule has 134 valence electrons. The van der Waals surface area contributed by atoms with Crippen LogP contribution in [0.25, 0.3) is 0 Å². The number of nitrogens with zero attached hydrogens (tertiary/aromatic N) is 2. The van der Waals surface area contributed by atoms with Crippen LogP contribution in [0.3, 0.4) is 0 Å². The number of benzene rings is 2. The van der Waals surface area contributed by atoms with Crippen LogP contribution in [-0.4, -0.2) is 21.1 Å². The van der Waals surface area contributed by atoms with Crippen molar-refractivity contribution in [3.63, 3.8) is 0 Å². The predicted molar refractivity (Wildman–Crippen MR) is 105 cm³/mol. The van der Waals surface area contributed by atoms with Crippen molar-refractivity contribution in [2.24, 2.45) is 0 Å². The van der Waals surface area contributed by atoms with Crippen LogP contribution in [-0.2, 0) is 5.75 Å². The number of hydrogen-bond acceptors (Lipinski definition) is 4. The highest BCUT2D eigenvalue weighted by atomic mass is 35.5. The van der Waals surface area contributed by atoms with Crippen LogP contribution < -0.4 is 5.32 Å². The molecule has 0 aliphatic rings. The molecule has 3 rings (SSSR count). The van der Waals surface area contributed by atoms with Crippen molar-refractivity contribution in [1.29, 1.82) is 0 Å². The zero-order valence-corrected chi connectivity index (χ0v) is 16.2. The maximum atomic E-state index is 12.8. The molecular weight excluding hydrogens is 391 g/mol. The van der Waals surface area contributed by atoms with Crippen LogP contribution in [0.1, 0.15) is 34.5 Å². The van der Waals surface area contributed by atoms with E-state index in [-0.39, 0.29) is 11.9 Å². The number of nitrogens with one attached hydrogen (secondary N) is 2. The lowest BCUT2D eigenvalue weighted by molar-refractivity contribution is 0.0939. The van der Waals surface area contributed by atoms with E-state index in [1.807, 2.05) is 37.3 Å². The summed E-state index contributed by atoms with van der Waals surface area (Å²) in [6.45, 7) is 1.89. The fourth-order valence-corrected chi connectivity index (χ4v) is 3.84. The van der Waals surface area contributed by atoms with E-state index in [0.29, 0.717) is 26.5 Å². The zero-order valence-electron chi connectivity index (χ0n) is 13.9. The van der Waals surface area contributed by atoms with Crippen molar-refractivity contribution in [3.8, 4) is 0 Å². The summed E-state index contributed by atoms with van der Waals surface area (Å²) in [4.78, 5) is 16.8. The van der Waals surface area contributed by atoms with Gasteiger partial charge in [0.1, 0.15) is 6.33 Å². The third-order valence-electron chi connectivity index (χ3n) is 3.80. The summed E-state index contributed by atoms with van der Waals surface area (Å²) in [5.74, 6) is 0.451. The molecule has 1 heterocycles. The van der Waals surface area contributed by atoms with Crippen LogP contribution in [0.15, 0.2) is 53.9 Å². The summed E-state index contributed by atoms with van der Waals surface area (Å²) >= 11 is 13.7. The lowest BCUT2D eigenvalue weighted by Gasteiger charge is -2.17. The van der Waals surface area contributed by atoms with E-state index in [9.17, 15) is 4.79 Å². The number of rotatable bonds is 6. The first-order chi connectivity index (χ1) is 12.5. The quantitative estimate of drug-likeness (QED) is 0.571. The van der Waals surface area contributed by atoms with Crippen molar-refractivity contribution in [2.75, 3.05) is 0 Å². The number of carbonyl (C=O) groups is 1. The highest BCUT2D eigenvalue weighted by molar-refractivity contribution is 7.98. The molecule has 8 heteroatoms. The number of H-pyrrole nitrogens is 1. The molecule has 0 aliphatic heterocycles. The van der Waals surface area contributed by atoms with E-state index in [1.165, 1.54) is 18.1 Å². The second-order valence-electron chi connectivity index (χ2n) is 5.60. The summed E-state index contributed by atoms with van der Waals surface area (Å²) in [5, 5.41) is 11.4. The van der Waals surface area contributed by atoms with Gasteiger partial charge in [0.25, 0.3) is 5.91 Å². The fourth-order valence-electron chi connectivity index (χ4n) is 2.48. The average molecular weight is 407 g/mol. The Morgan fingerprint density at radius 2 is 2.08 bits per heavy atom. The predicted octanol–water partition coefficient (Wildman–Crippen LogP) is 4.89. The Bertz CT molecular complexity index is 902. The van der Waals surface area contributed by atoms with Crippen LogP contribution in [0, 0.1) is 0 Å². The van der Waals surface area contributed by atoms with Crippen LogP contribution in [0.5, 0.6) is 0 Å². The Kier molecular flexibility index (Phi) is 6.19. The third kappa shape index (κ3) is 4.58. The molecule has 2 N–H and O–H groups in total. The smallest absolute Gasteiger partial charge is 0.252 e. The minimum atomic E-state index is -0.248. The summed E-state index contributed by atoms with van der Waals surface area (Å²) < 4.78 is 0. The first kappa shape index (κ1) is 18.8. The number of thioether (sulfide) groups is 1. The molecule has 5 nitrogen and oxygen atoms in total. The van der Waals surface area contributed by atoms with Gasteiger partial charge in [0, 0.05) is 21.4 Å². The molecule has 1 unspecified atom stereocenters. The molecule has 1 atom stereocenters. The van der Waals surface area contributed by atoms with E-state index >= 15 is 0 Å². The zero-order chi connectivity index (χ0) is 18.5. The minimum Gasteiger partial charge on any atom is -0.345 e. The summed E-state index contributed by atoms with van der Waals surface area (Å²) in [7, 11) is 0. The number of aromatic amines is 1. The van der Waals surface area contributed by atoms with Crippen molar-refractivity contribution in [2.45, 2.75) is 23.9 Å². The molecule has 26 heavy (non-hydrogen) atoms. The standard InChI is InChI=1S/C18H16Cl2N4OS/c1-11(14-7-6-13(19)8-16(14)20)23-17(25)15-5-3-2-4-12(15)9-26-18-21-10-22-24-18/h2-8,10-11H,9H2,1H3,(H,23,25)(H,21,22,24).